The Balaban J connectivity index is 0.000000146. The minimum Gasteiger partial charge on any atom is -0.361 e. The molecule has 0 unspecified atom stereocenters. The summed E-state index contributed by atoms with van der Waals surface area (Å²) in [6.45, 7) is 11.9. The highest BCUT2D eigenvalue weighted by Gasteiger charge is 2.18. The Hall–Kier alpha value is -7.69. The molecule has 0 amide bonds. The van der Waals surface area contributed by atoms with Gasteiger partial charge in [0.15, 0.2) is 22.3 Å². The predicted octanol–water partition coefficient (Wildman–Crippen LogP) is 7.37. The topological polar surface area (TPSA) is 217 Å². The normalized spacial score (nSPS) is 11.1. The van der Waals surface area contributed by atoms with Gasteiger partial charge in [-0.3, -0.25) is 18.7 Å². The van der Waals surface area contributed by atoms with E-state index in [1.807, 2.05) is 120 Å². The van der Waals surface area contributed by atoms with Crippen LogP contribution in [0.25, 0.3) is 55.5 Å². The number of imidazole rings is 2. The highest BCUT2D eigenvalue weighted by molar-refractivity contribution is 6.33. The lowest BCUT2D eigenvalue weighted by atomic mass is 10.1. The minimum atomic E-state index is -0.0836. The number of fused-ring (bicyclic) bond motifs is 4. The summed E-state index contributed by atoms with van der Waals surface area (Å²) in [6.07, 6.45) is 3.13. The lowest BCUT2D eigenvalue weighted by Crippen LogP contribution is -2.26. The summed E-state index contributed by atoms with van der Waals surface area (Å²) in [5.74, 6) is 3.04. The van der Waals surface area contributed by atoms with E-state index < -0.39 is 0 Å². The lowest BCUT2D eigenvalue weighted by molar-refractivity contribution is 0.812. The van der Waals surface area contributed by atoms with Crippen LogP contribution in [0.4, 0.5) is 5.82 Å². The van der Waals surface area contributed by atoms with E-state index in [0.29, 0.717) is 84.9 Å². The summed E-state index contributed by atoms with van der Waals surface area (Å²) in [4.78, 5) is 66.9. The van der Waals surface area contributed by atoms with Crippen molar-refractivity contribution in [2.45, 2.75) is 54.6 Å². The third kappa shape index (κ3) is 8.36. The number of aromatic nitrogens is 12. The van der Waals surface area contributed by atoms with E-state index in [0.717, 1.165) is 33.6 Å². The summed E-state index contributed by atoms with van der Waals surface area (Å²) in [7, 11) is 0. The van der Waals surface area contributed by atoms with E-state index in [2.05, 4.69) is 50.2 Å². The van der Waals surface area contributed by atoms with Crippen LogP contribution in [-0.2, 0) is 13.1 Å². The second-order valence-electron chi connectivity index (χ2n) is 14.8. The molecule has 6 heterocycles. The Labute approximate surface area is 365 Å². The summed E-state index contributed by atoms with van der Waals surface area (Å²) >= 11 is 5.78. The van der Waals surface area contributed by atoms with Crippen molar-refractivity contribution >= 4 is 61.6 Å². The zero-order chi connectivity index (χ0) is 44.4. The van der Waals surface area contributed by atoms with Crippen LogP contribution >= 0.6 is 11.6 Å². The van der Waals surface area contributed by atoms with Crippen LogP contribution in [0.2, 0.25) is 5.15 Å². The molecule has 16 nitrogen and oxygen atoms in total. The number of para-hydroxylation sites is 2. The molecule has 6 aromatic heterocycles. The highest BCUT2D eigenvalue weighted by atomic mass is 35.5. The van der Waals surface area contributed by atoms with E-state index in [1.165, 1.54) is 0 Å². The third-order valence-electron chi connectivity index (χ3n) is 10.4. The fourth-order valence-corrected chi connectivity index (χ4v) is 7.66. The number of anilines is 1. The van der Waals surface area contributed by atoms with Crippen molar-refractivity contribution < 1.29 is 0 Å². The summed E-state index contributed by atoms with van der Waals surface area (Å²) in [5, 5.41) is 5.02. The molecule has 5 N–H and O–H groups in total. The number of benzene rings is 4. The number of nitrogens with zero attached hydrogens (tertiary/aromatic N) is 10. The molecule has 0 saturated heterocycles. The van der Waals surface area contributed by atoms with Crippen molar-refractivity contribution in [1.82, 2.24) is 59.0 Å². The Morgan fingerprint density at radius 2 is 1.05 bits per heavy atom. The molecule has 63 heavy (non-hydrogen) atoms. The van der Waals surface area contributed by atoms with E-state index in [9.17, 15) is 9.59 Å². The zero-order valence-electron chi connectivity index (χ0n) is 35.4. The van der Waals surface area contributed by atoms with E-state index in [-0.39, 0.29) is 17.7 Å². The first kappa shape index (κ1) is 42.0. The average molecular weight is 859 g/mol. The van der Waals surface area contributed by atoms with Crippen LogP contribution in [0.1, 0.15) is 45.6 Å². The number of aryl methyl sites for hydroxylation is 6. The lowest BCUT2D eigenvalue weighted by Gasteiger charge is -2.17. The SMILES string of the molecule is Cc1ccccc1-n1c(CN)nc2cccc(C)c2c1=O.Cc1nc(Cl)c2[nH]cnc2n1.Cc1nc(NCc2nc3cccc(C)c3c(=O)n2-c2ccccc2C)c2[nH]cnc2n1. The van der Waals surface area contributed by atoms with Crippen LogP contribution in [0.3, 0.4) is 0 Å². The maximum Gasteiger partial charge on any atom is 0.266 e. The molecule has 0 aliphatic carbocycles. The Bertz CT molecular complexity index is 3450. The predicted molar refractivity (Wildman–Crippen MR) is 247 cm³/mol. The standard InChI is InChI=1S/C23H21N7O.C17H17N3O.C6H5ClN4/c1-13-7-4-5-10-17(13)30-18(29-16-9-6-8-14(2)19(16)23(30)31)11-24-21-20-22(26-12-25-20)28-15(3)27-21;1-11-6-3-4-9-14(11)20-15(10-18)19-13-8-5-7-12(2)16(13)17(20)21;1-3-10-5(7)4-6(11-3)9-2-8-4/h4-10,12H,11H2,1-3H3,(H2,24,25,26,27,28);3-9H,10,18H2,1-2H3;2H,1H3,(H,8,9,10,11). The molecule has 0 fully saturated rings. The van der Waals surface area contributed by atoms with Crippen molar-refractivity contribution in [2.24, 2.45) is 5.73 Å². The maximum absolute atomic E-state index is 13.6. The van der Waals surface area contributed by atoms with Gasteiger partial charge in [-0.1, -0.05) is 72.3 Å². The first-order valence-corrected chi connectivity index (χ1v) is 20.4. The van der Waals surface area contributed by atoms with Crippen LogP contribution in [0.5, 0.6) is 0 Å². The molecular formula is C46H43ClN14O2. The van der Waals surface area contributed by atoms with Crippen molar-refractivity contribution in [3.05, 3.63) is 169 Å². The minimum absolute atomic E-state index is 0.0622. The molecule has 10 aromatic rings. The molecule has 17 heteroatoms. The quantitative estimate of drug-likeness (QED) is 0.121. The van der Waals surface area contributed by atoms with Gasteiger partial charge in [0.05, 0.1) is 58.9 Å². The van der Waals surface area contributed by atoms with Gasteiger partial charge >= 0.3 is 0 Å². The van der Waals surface area contributed by atoms with Gasteiger partial charge in [0.25, 0.3) is 11.1 Å². The zero-order valence-corrected chi connectivity index (χ0v) is 36.2. The van der Waals surface area contributed by atoms with Crippen LogP contribution in [0.15, 0.2) is 107 Å². The van der Waals surface area contributed by atoms with Gasteiger partial charge in [-0.2, -0.15) is 0 Å². The van der Waals surface area contributed by atoms with E-state index >= 15 is 0 Å². The number of hydrogen-bond acceptors (Lipinski definition) is 12. The second kappa shape index (κ2) is 17.7. The van der Waals surface area contributed by atoms with Crippen molar-refractivity contribution in [1.29, 1.82) is 0 Å². The smallest absolute Gasteiger partial charge is 0.266 e. The van der Waals surface area contributed by atoms with E-state index in [4.69, 9.17) is 22.3 Å². The van der Waals surface area contributed by atoms with Gasteiger partial charge in [0.2, 0.25) is 0 Å². The molecular weight excluding hydrogens is 816 g/mol. The number of H-pyrrole nitrogens is 2. The number of hydrogen-bond donors (Lipinski definition) is 4. The molecule has 0 aliphatic heterocycles. The van der Waals surface area contributed by atoms with Gasteiger partial charge in [-0.15, -0.1) is 0 Å². The number of halogens is 1. The molecule has 316 valence electrons. The third-order valence-corrected chi connectivity index (χ3v) is 10.7. The molecule has 0 atom stereocenters. The first-order chi connectivity index (χ1) is 30.4. The number of aromatic amines is 2. The fourth-order valence-electron chi connectivity index (χ4n) is 7.40. The molecule has 0 radical (unpaired) electrons. The van der Waals surface area contributed by atoms with Gasteiger partial charge in [0, 0.05) is 0 Å². The Morgan fingerprint density at radius 3 is 1.60 bits per heavy atom. The van der Waals surface area contributed by atoms with Crippen LogP contribution < -0.4 is 22.2 Å². The molecule has 0 saturated carbocycles. The summed E-state index contributed by atoms with van der Waals surface area (Å²) in [6, 6.07) is 27.0. The number of nitrogens with two attached hydrogens (primary N) is 1. The Kier molecular flexibility index (Phi) is 11.8. The summed E-state index contributed by atoms with van der Waals surface area (Å²) in [5.41, 5.74) is 15.1. The molecule has 0 spiro atoms. The first-order valence-electron chi connectivity index (χ1n) is 20.0. The second-order valence-corrected chi connectivity index (χ2v) is 15.1. The van der Waals surface area contributed by atoms with Crippen LogP contribution in [-0.4, -0.2) is 59.0 Å². The molecule has 10 rings (SSSR count). The number of rotatable bonds is 6. The van der Waals surface area contributed by atoms with Gasteiger partial charge < -0.3 is 21.0 Å². The molecule has 0 bridgehead atoms. The van der Waals surface area contributed by atoms with Crippen molar-refractivity contribution in [3.8, 4) is 11.4 Å². The van der Waals surface area contributed by atoms with Gasteiger partial charge in [-0.25, -0.2) is 39.9 Å². The van der Waals surface area contributed by atoms with Crippen molar-refractivity contribution in [3.63, 3.8) is 0 Å². The largest absolute Gasteiger partial charge is 0.361 e. The fraction of sp³-hybridized carbons (Fsp3) is 0.174. The highest BCUT2D eigenvalue weighted by Crippen LogP contribution is 2.22. The number of nitrogens with one attached hydrogen (secondary N) is 3. The Morgan fingerprint density at radius 1 is 0.571 bits per heavy atom. The maximum atomic E-state index is 13.6. The van der Waals surface area contributed by atoms with E-state index in [1.54, 1.807) is 28.7 Å². The van der Waals surface area contributed by atoms with Crippen LogP contribution in [0, 0.1) is 41.5 Å². The summed E-state index contributed by atoms with van der Waals surface area (Å²) < 4.78 is 3.32. The molecule has 0 aliphatic rings. The molecule has 4 aromatic carbocycles. The van der Waals surface area contributed by atoms with Gasteiger partial charge in [0.1, 0.15) is 34.3 Å². The van der Waals surface area contributed by atoms with Gasteiger partial charge in [-0.05, 0) is 88.1 Å². The average Bonchev–Trinajstić information content (AvgIpc) is 3.94. The van der Waals surface area contributed by atoms with Crippen molar-refractivity contribution in [2.75, 3.05) is 5.32 Å². The monoisotopic (exact) mass is 858 g/mol.